The van der Waals surface area contributed by atoms with Crippen molar-refractivity contribution in [2.75, 3.05) is 13.7 Å². The molecule has 3 nitrogen and oxygen atoms in total. The predicted molar refractivity (Wildman–Crippen MR) is 59.4 cm³/mol. The van der Waals surface area contributed by atoms with Gasteiger partial charge in [0.2, 0.25) is 0 Å². The van der Waals surface area contributed by atoms with Gasteiger partial charge in [0.1, 0.15) is 17.6 Å². The van der Waals surface area contributed by atoms with Crippen LogP contribution in [0.4, 0.5) is 0 Å². The Kier molecular flexibility index (Phi) is 3.11. The Morgan fingerprint density at radius 3 is 3.13 bits per heavy atom. The average Bonchev–Trinajstić information content (AvgIpc) is 2.68. The van der Waals surface area contributed by atoms with Crippen LogP contribution in [0, 0.1) is 0 Å². The fraction of sp³-hybridized carbons (Fsp3) is 0.500. The third kappa shape index (κ3) is 2.07. The highest BCUT2D eigenvalue weighted by Gasteiger charge is 2.24. The molecule has 2 N–H and O–H groups in total. The van der Waals surface area contributed by atoms with Crippen molar-refractivity contribution in [2.45, 2.75) is 25.4 Å². The number of fused-ring (bicyclic) bond motifs is 1. The minimum absolute atomic E-state index is 0.278. The molecule has 0 fully saturated rings. The molecule has 2 rings (SSSR count). The molecule has 0 spiro atoms. The van der Waals surface area contributed by atoms with Crippen LogP contribution in [0.25, 0.3) is 0 Å². The summed E-state index contributed by atoms with van der Waals surface area (Å²) in [6.07, 6.45) is 3.26. The summed E-state index contributed by atoms with van der Waals surface area (Å²) in [6.45, 7) is 0.730. The standard InChI is InChI=1S/C12H17NO2/c1-14-11-5-2-6-12-10(11)8-9(15-12)4-3-7-13/h2,5-6,9H,3-4,7-8,13H2,1H3. The number of ether oxygens (including phenoxy) is 2. The van der Waals surface area contributed by atoms with E-state index in [1.54, 1.807) is 7.11 Å². The maximum absolute atomic E-state index is 5.82. The van der Waals surface area contributed by atoms with Gasteiger partial charge in [-0.05, 0) is 31.5 Å². The highest BCUT2D eigenvalue weighted by Crippen LogP contribution is 2.36. The Morgan fingerprint density at radius 2 is 2.40 bits per heavy atom. The van der Waals surface area contributed by atoms with Crippen molar-refractivity contribution in [3.05, 3.63) is 23.8 Å². The van der Waals surface area contributed by atoms with Gasteiger partial charge in [-0.3, -0.25) is 0 Å². The van der Waals surface area contributed by atoms with Crippen molar-refractivity contribution in [1.29, 1.82) is 0 Å². The molecule has 1 atom stereocenters. The van der Waals surface area contributed by atoms with Crippen LogP contribution in [-0.2, 0) is 6.42 Å². The van der Waals surface area contributed by atoms with Gasteiger partial charge < -0.3 is 15.2 Å². The van der Waals surface area contributed by atoms with Gasteiger partial charge in [-0.25, -0.2) is 0 Å². The quantitative estimate of drug-likeness (QED) is 0.817. The Labute approximate surface area is 90.2 Å². The van der Waals surface area contributed by atoms with E-state index in [0.29, 0.717) is 0 Å². The molecule has 0 radical (unpaired) electrons. The molecule has 0 aromatic heterocycles. The number of hydrogen-bond donors (Lipinski definition) is 1. The lowest BCUT2D eigenvalue weighted by atomic mass is 10.1. The monoisotopic (exact) mass is 207 g/mol. The molecule has 1 heterocycles. The van der Waals surface area contributed by atoms with Crippen LogP contribution in [0.3, 0.4) is 0 Å². The molecule has 1 aromatic rings. The van der Waals surface area contributed by atoms with E-state index in [9.17, 15) is 0 Å². The Bertz CT molecular complexity index is 338. The summed E-state index contributed by atoms with van der Waals surface area (Å²) < 4.78 is 11.1. The first kappa shape index (κ1) is 10.3. The van der Waals surface area contributed by atoms with Crippen molar-refractivity contribution in [2.24, 2.45) is 5.73 Å². The fourth-order valence-corrected chi connectivity index (χ4v) is 2.00. The maximum Gasteiger partial charge on any atom is 0.126 e. The molecule has 82 valence electrons. The number of hydrogen-bond acceptors (Lipinski definition) is 3. The lowest BCUT2D eigenvalue weighted by molar-refractivity contribution is 0.219. The zero-order valence-corrected chi connectivity index (χ0v) is 9.03. The molecule has 1 unspecified atom stereocenters. The second kappa shape index (κ2) is 4.53. The zero-order chi connectivity index (χ0) is 10.7. The largest absolute Gasteiger partial charge is 0.496 e. The van der Waals surface area contributed by atoms with Gasteiger partial charge in [0, 0.05) is 12.0 Å². The molecular weight excluding hydrogens is 190 g/mol. The molecule has 0 aliphatic carbocycles. The van der Waals surface area contributed by atoms with Crippen LogP contribution in [-0.4, -0.2) is 19.8 Å². The number of rotatable bonds is 4. The van der Waals surface area contributed by atoms with E-state index in [1.165, 1.54) is 5.56 Å². The first-order valence-electron chi connectivity index (χ1n) is 5.37. The van der Waals surface area contributed by atoms with Crippen molar-refractivity contribution >= 4 is 0 Å². The predicted octanol–water partition coefficient (Wildman–Crippen LogP) is 1.74. The van der Waals surface area contributed by atoms with E-state index in [0.717, 1.165) is 37.3 Å². The number of nitrogens with two attached hydrogens (primary N) is 1. The summed E-state index contributed by atoms with van der Waals surface area (Å²) in [5.41, 5.74) is 6.68. The van der Waals surface area contributed by atoms with Crippen LogP contribution >= 0.6 is 0 Å². The minimum atomic E-state index is 0.278. The van der Waals surface area contributed by atoms with Crippen LogP contribution in [0.2, 0.25) is 0 Å². The fourth-order valence-electron chi connectivity index (χ4n) is 2.00. The minimum Gasteiger partial charge on any atom is -0.496 e. The summed E-state index contributed by atoms with van der Waals surface area (Å²) in [5.74, 6) is 1.90. The third-order valence-corrected chi connectivity index (χ3v) is 2.77. The molecule has 0 amide bonds. The molecular formula is C12H17NO2. The van der Waals surface area contributed by atoms with E-state index < -0.39 is 0 Å². The first-order chi connectivity index (χ1) is 7.35. The molecule has 1 aromatic carbocycles. The molecule has 15 heavy (non-hydrogen) atoms. The van der Waals surface area contributed by atoms with Crippen LogP contribution in [0.1, 0.15) is 18.4 Å². The highest BCUT2D eigenvalue weighted by molar-refractivity contribution is 5.47. The van der Waals surface area contributed by atoms with Gasteiger partial charge in [0.05, 0.1) is 7.11 Å². The van der Waals surface area contributed by atoms with Crippen LogP contribution < -0.4 is 15.2 Å². The Hall–Kier alpha value is -1.22. The van der Waals surface area contributed by atoms with Crippen LogP contribution in [0.15, 0.2) is 18.2 Å². The van der Waals surface area contributed by atoms with Crippen molar-refractivity contribution in [3.8, 4) is 11.5 Å². The van der Waals surface area contributed by atoms with Crippen molar-refractivity contribution in [3.63, 3.8) is 0 Å². The second-order valence-corrected chi connectivity index (χ2v) is 3.81. The summed E-state index contributed by atoms with van der Waals surface area (Å²) in [7, 11) is 1.70. The van der Waals surface area contributed by atoms with Crippen molar-refractivity contribution in [1.82, 2.24) is 0 Å². The summed E-state index contributed by atoms with van der Waals surface area (Å²) in [4.78, 5) is 0. The van der Waals surface area contributed by atoms with Gasteiger partial charge in [0.15, 0.2) is 0 Å². The van der Waals surface area contributed by atoms with E-state index in [4.69, 9.17) is 15.2 Å². The molecule has 0 saturated carbocycles. The van der Waals surface area contributed by atoms with Crippen molar-refractivity contribution < 1.29 is 9.47 Å². The first-order valence-corrected chi connectivity index (χ1v) is 5.37. The zero-order valence-electron chi connectivity index (χ0n) is 9.03. The maximum atomic E-state index is 5.82. The molecule has 0 saturated heterocycles. The lowest BCUT2D eigenvalue weighted by Gasteiger charge is -2.08. The SMILES string of the molecule is COc1cccc2c1CC(CCCN)O2. The van der Waals surface area contributed by atoms with Gasteiger partial charge in [-0.1, -0.05) is 6.07 Å². The Morgan fingerprint density at radius 1 is 1.53 bits per heavy atom. The second-order valence-electron chi connectivity index (χ2n) is 3.81. The molecule has 3 heteroatoms. The van der Waals surface area contributed by atoms with E-state index >= 15 is 0 Å². The van der Waals surface area contributed by atoms with Gasteiger partial charge in [-0.15, -0.1) is 0 Å². The van der Waals surface area contributed by atoms with Gasteiger partial charge in [0.25, 0.3) is 0 Å². The Balaban J connectivity index is 2.09. The molecule has 1 aliphatic rings. The van der Waals surface area contributed by atoms with Crippen LogP contribution in [0.5, 0.6) is 11.5 Å². The number of benzene rings is 1. The van der Waals surface area contributed by atoms with E-state index in [2.05, 4.69) is 0 Å². The topological polar surface area (TPSA) is 44.5 Å². The number of methoxy groups -OCH3 is 1. The van der Waals surface area contributed by atoms with Gasteiger partial charge in [-0.2, -0.15) is 0 Å². The third-order valence-electron chi connectivity index (χ3n) is 2.77. The lowest BCUT2D eigenvalue weighted by Crippen LogP contribution is -2.14. The molecule has 0 bridgehead atoms. The molecule has 1 aliphatic heterocycles. The smallest absolute Gasteiger partial charge is 0.126 e. The summed E-state index contributed by atoms with van der Waals surface area (Å²) in [5, 5.41) is 0. The summed E-state index contributed by atoms with van der Waals surface area (Å²) >= 11 is 0. The normalized spacial score (nSPS) is 18.4. The highest BCUT2D eigenvalue weighted by atomic mass is 16.5. The average molecular weight is 207 g/mol. The summed E-state index contributed by atoms with van der Waals surface area (Å²) in [6, 6.07) is 5.94. The van der Waals surface area contributed by atoms with E-state index in [-0.39, 0.29) is 6.10 Å². The van der Waals surface area contributed by atoms with E-state index in [1.807, 2.05) is 18.2 Å². The van der Waals surface area contributed by atoms with Gasteiger partial charge >= 0.3 is 0 Å².